The third kappa shape index (κ3) is 3.68. The molecule has 1 amide bonds. The number of benzene rings is 1. The summed E-state index contributed by atoms with van der Waals surface area (Å²) in [5.74, 6) is 1.81. The van der Waals surface area contributed by atoms with Gasteiger partial charge in [0.2, 0.25) is 5.91 Å². The van der Waals surface area contributed by atoms with Crippen LogP contribution < -0.4 is 5.32 Å². The molecule has 28 heavy (non-hydrogen) atoms. The minimum Gasteiger partial charge on any atom is -0.460 e. The number of piperazine rings is 1. The van der Waals surface area contributed by atoms with Crippen molar-refractivity contribution in [1.82, 2.24) is 15.1 Å². The Bertz CT molecular complexity index is 900. The fraction of sp³-hybridized carbons (Fsp3) is 0.455. The van der Waals surface area contributed by atoms with E-state index in [9.17, 15) is 10.1 Å². The molecule has 2 aromatic rings. The zero-order chi connectivity index (χ0) is 19.6. The molecule has 6 heteroatoms. The number of furan rings is 1. The van der Waals surface area contributed by atoms with Crippen LogP contribution in [0.25, 0.3) is 11.3 Å². The Morgan fingerprint density at radius 3 is 2.93 bits per heavy atom. The Labute approximate surface area is 165 Å². The minimum absolute atomic E-state index is 0.0419. The van der Waals surface area contributed by atoms with Crippen molar-refractivity contribution >= 4 is 5.91 Å². The molecule has 1 atom stereocenters. The first-order valence-corrected chi connectivity index (χ1v) is 9.88. The number of nitriles is 1. The molecule has 1 aromatic carbocycles. The first kappa shape index (κ1) is 18.7. The van der Waals surface area contributed by atoms with Crippen molar-refractivity contribution in [3.05, 3.63) is 47.7 Å². The average Bonchev–Trinajstić information content (AvgIpc) is 3.09. The van der Waals surface area contributed by atoms with Crippen molar-refractivity contribution in [2.75, 3.05) is 33.2 Å². The van der Waals surface area contributed by atoms with Crippen LogP contribution in [-0.4, -0.2) is 54.5 Å². The predicted octanol–water partition coefficient (Wildman–Crippen LogP) is 2.60. The number of amides is 1. The van der Waals surface area contributed by atoms with Crippen molar-refractivity contribution < 1.29 is 9.21 Å². The molecule has 1 aromatic heterocycles. The molecule has 146 valence electrons. The highest BCUT2D eigenvalue weighted by Gasteiger charge is 2.40. The monoisotopic (exact) mass is 378 g/mol. The van der Waals surface area contributed by atoms with Crippen LogP contribution >= 0.6 is 0 Å². The van der Waals surface area contributed by atoms with Crippen molar-refractivity contribution in [2.45, 2.75) is 31.3 Å². The number of nitrogens with zero attached hydrogens (tertiary/aromatic N) is 3. The summed E-state index contributed by atoms with van der Waals surface area (Å²) in [6.45, 7) is 4.38. The lowest BCUT2D eigenvalue weighted by Crippen LogP contribution is -2.60. The van der Waals surface area contributed by atoms with Gasteiger partial charge in [0.25, 0.3) is 0 Å². The molecular formula is C22H26N4O2. The van der Waals surface area contributed by atoms with Crippen LogP contribution in [0.2, 0.25) is 0 Å². The summed E-state index contributed by atoms with van der Waals surface area (Å²) in [5, 5.41) is 12.3. The fourth-order valence-corrected chi connectivity index (χ4v) is 4.44. The second-order valence-electron chi connectivity index (χ2n) is 7.88. The van der Waals surface area contributed by atoms with E-state index in [0.717, 1.165) is 62.6 Å². The number of nitrogens with one attached hydrogen (secondary N) is 1. The first-order valence-electron chi connectivity index (χ1n) is 9.88. The van der Waals surface area contributed by atoms with Gasteiger partial charge in [-0.2, -0.15) is 5.26 Å². The predicted molar refractivity (Wildman–Crippen MR) is 106 cm³/mol. The molecule has 2 aliphatic heterocycles. The molecule has 0 radical (unpaired) electrons. The highest BCUT2D eigenvalue weighted by Crippen LogP contribution is 2.32. The van der Waals surface area contributed by atoms with Crippen LogP contribution in [-0.2, 0) is 11.3 Å². The van der Waals surface area contributed by atoms with E-state index in [1.54, 1.807) is 0 Å². The summed E-state index contributed by atoms with van der Waals surface area (Å²) < 4.78 is 6.09. The Hall–Kier alpha value is -2.62. The van der Waals surface area contributed by atoms with E-state index in [2.05, 4.69) is 28.2 Å². The number of likely N-dealkylation sites (N-methyl/N-ethyl adjacent to an activating group) is 1. The Morgan fingerprint density at radius 1 is 1.21 bits per heavy atom. The van der Waals surface area contributed by atoms with Crippen molar-refractivity contribution in [3.8, 4) is 17.4 Å². The average molecular weight is 378 g/mol. The topological polar surface area (TPSA) is 72.5 Å². The van der Waals surface area contributed by atoms with Crippen LogP contribution in [0.3, 0.4) is 0 Å². The molecule has 6 nitrogen and oxygen atoms in total. The van der Waals surface area contributed by atoms with Crippen LogP contribution in [0.1, 0.15) is 30.6 Å². The van der Waals surface area contributed by atoms with E-state index < -0.39 is 0 Å². The Balaban J connectivity index is 1.48. The van der Waals surface area contributed by atoms with Gasteiger partial charge in [-0.1, -0.05) is 12.1 Å². The molecule has 2 aliphatic rings. The van der Waals surface area contributed by atoms with Gasteiger partial charge in [0.1, 0.15) is 11.5 Å². The second-order valence-corrected chi connectivity index (χ2v) is 7.88. The van der Waals surface area contributed by atoms with Gasteiger partial charge >= 0.3 is 0 Å². The summed E-state index contributed by atoms with van der Waals surface area (Å²) in [7, 11) is 2.18. The van der Waals surface area contributed by atoms with Gasteiger partial charge in [-0.15, -0.1) is 0 Å². The number of carbonyl (C=O) groups excluding carboxylic acids is 1. The SMILES string of the molecule is CN1CCN(Cc2ccc(-c3ccccc3C#N)o2)CC12CCNC(=O)CC2. The van der Waals surface area contributed by atoms with Crippen LogP contribution in [0, 0.1) is 11.3 Å². The fourth-order valence-electron chi connectivity index (χ4n) is 4.44. The van der Waals surface area contributed by atoms with E-state index in [1.165, 1.54) is 0 Å². The van der Waals surface area contributed by atoms with E-state index in [1.807, 2.05) is 36.4 Å². The second kappa shape index (κ2) is 7.78. The highest BCUT2D eigenvalue weighted by atomic mass is 16.3. The lowest BCUT2D eigenvalue weighted by atomic mass is 9.86. The third-order valence-electron chi connectivity index (χ3n) is 6.16. The highest BCUT2D eigenvalue weighted by molar-refractivity contribution is 5.76. The number of rotatable bonds is 3. The maximum absolute atomic E-state index is 11.8. The van der Waals surface area contributed by atoms with Gasteiger partial charge in [-0.25, -0.2) is 0 Å². The van der Waals surface area contributed by atoms with Gasteiger partial charge in [-0.05, 0) is 44.2 Å². The minimum atomic E-state index is 0.0419. The standard InChI is InChI=1S/C22H26N4O2/c1-25-12-13-26(16-22(25)9-8-21(27)24-11-10-22)15-18-6-7-20(28-18)19-5-3-2-4-17(19)14-23/h2-7H,8-13,15-16H2,1H3,(H,24,27). The summed E-state index contributed by atoms with van der Waals surface area (Å²) >= 11 is 0. The quantitative estimate of drug-likeness (QED) is 0.889. The normalized spacial score (nSPS) is 23.9. The van der Waals surface area contributed by atoms with Gasteiger partial charge in [-0.3, -0.25) is 14.6 Å². The largest absolute Gasteiger partial charge is 0.460 e. The molecule has 3 heterocycles. The number of hydrogen-bond donors (Lipinski definition) is 1. The molecular weight excluding hydrogens is 352 g/mol. The van der Waals surface area contributed by atoms with Gasteiger partial charge < -0.3 is 9.73 Å². The summed E-state index contributed by atoms with van der Waals surface area (Å²) in [5.41, 5.74) is 1.50. The molecule has 1 spiro atoms. The molecule has 0 saturated carbocycles. The zero-order valence-electron chi connectivity index (χ0n) is 16.3. The number of carbonyl (C=O) groups is 1. The van der Waals surface area contributed by atoms with Crippen LogP contribution in [0.15, 0.2) is 40.8 Å². The molecule has 0 bridgehead atoms. The van der Waals surface area contributed by atoms with Crippen molar-refractivity contribution in [1.29, 1.82) is 5.26 Å². The van der Waals surface area contributed by atoms with Gasteiger partial charge in [0.05, 0.1) is 18.2 Å². The number of hydrogen-bond acceptors (Lipinski definition) is 5. The lowest BCUT2D eigenvalue weighted by Gasteiger charge is -2.49. The summed E-state index contributed by atoms with van der Waals surface area (Å²) in [6, 6.07) is 13.7. The summed E-state index contributed by atoms with van der Waals surface area (Å²) in [6.07, 6.45) is 2.46. The molecule has 4 rings (SSSR count). The molecule has 0 aliphatic carbocycles. The smallest absolute Gasteiger partial charge is 0.220 e. The van der Waals surface area contributed by atoms with E-state index in [0.29, 0.717) is 12.0 Å². The van der Waals surface area contributed by atoms with E-state index >= 15 is 0 Å². The molecule has 1 unspecified atom stereocenters. The van der Waals surface area contributed by atoms with E-state index in [-0.39, 0.29) is 11.4 Å². The first-order chi connectivity index (χ1) is 13.6. The van der Waals surface area contributed by atoms with Crippen LogP contribution in [0.5, 0.6) is 0 Å². The third-order valence-corrected chi connectivity index (χ3v) is 6.16. The Morgan fingerprint density at radius 2 is 2.07 bits per heavy atom. The zero-order valence-corrected chi connectivity index (χ0v) is 16.3. The van der Waals surface area contributed by atoms with Crippen molar-refractivity contribution in [3.63, 3.8) is 0 Å². The van der Waals surface area contributed by atoms with Crippen molar-refractivity contribution in [2.24, 2.45) is 0 Å². The Kier molecular flexibility index (Phi) is 5.21. The van der Waals surface area contributed by atoms with Gasteiger partial charge in [0, 0.05) is 43.7 Å². The molecule has 1 N–H and O–H groups in total. The molecule has 2 saturated heterocycles. The lowest BCUT2D eigenvalue weighted by molar-refractivity contribution is -0.121. The van der Waals surface area contributed by atoms with Gasteiger partial charge in [0.15, 0.2) is 0 Å². The molecule has 2 fully saturated rings. The maximum atomic E-state index is 11.8. The van der Waals surface area contributed by atoms with Crippen LogP contribution in [0.4, 0.5) is 0 Å². The maximum Gasteiger partial charge on any atom is 0.220 e. The summed E-state index contributed by atoms with van der Waals surface area (Å²) in [4.78, 5) is 16.7. The van der Waals surface area contributed by atoms with E-state index in [4.69, 9.17) is 4.42 Å².